The van der Waals surface area contributed by atoms with E-state index in [-0.39, 0.29) is 5.41 Å². The average Bonchev–Trinajstić information content (AvgIpc) is 2.46. The minimum absolute atomic E-state index is 0.00668. The van der Waals surface area contributed by atoms with Gasteiger partial charge in [-0.3, -0.25) is 5.26 Å². The summed E-state index contributed by atoms with van der Waals surface area (Å²) in [5, 5.41) is 8.36. The highest BCUT2D eigenvalue weighted by Crippen LogP contribution is 2.31. The lowest BCUT2D eigenvalue weighted by Gasteiger charge is -2.26. The Labute approximate surface area is 114 Å². The second-order valence-electron chi connectivity index (χ2n) is 5.27. The standard InChI is InChI=1S/C17H20O2/c1-17(2,15-6-4-3-5-7-15)16-10-8-14(9-11-16)12-13-19-18/h3-11,18H,12-13H2,1-2H3. The molecule has 2 aromatic carbocycles. The summed E-state index contributed by atoms with van der Waals surface area (Å²) >= 11 is 0. The summed E-state index contributed by atoms with van der Waals surface area (Å²) < 4.78 is 0. The summed E-state index contributed by atoms with van der Waals surface area (Å²) in [4.78, 5) is 4.11. The topological polar surface area (TPSA) is 29.5 Å². The summed E-state index contributed by atoms with van der Waals surface area (Å²) in [6.07, 6.45) is 0.725. The Morgan fingerprint density at radius 3 is 2.05 bits per heavy atom. The van der Waals surface area contributed by atoms with Crippen LogP contribution in [-0.2, 0) is 16.7 Å². The van der Waals surface area contributed by atoms with Gasteiger partial charge in [-0.1, -0.05) is 68.4 Å². The van der Waals surface area contributed by atoms with E-state index in [1.165, 1.54) is 16.7 Å². The summed E-state index contributed by atoms with van der Waals surface area (Å²) in [6.45, 7) is 4.80. The molecule has 1 N–H and O–H groups in total. The molecule has 0 spiro atoms. The zero-order valence-corrected chi connectivity index (χ0v) is 11.5. The molecular formula is C17H20O2. The molecule has 0 saturated carbocycles. The van der Waals surface area contributed by atoms with Crippen LogP contribution in [0.25, 0.3) is 0 Å². The maximum atomic E-state index is 8.36. The molecule has 0 fully saturated rings. The van der Waals surface area contributed by atoms with Crippen molar-refractivity contribution >= 4 is 0 Å². The smallest absolute Gasteiger partial charge is 0.0860 e. The summed E-state index contributed by atoms with van der Waals surface area (Å²) in [5.74, 6) is 0. The van der Waals surface area contributed by atoms with E-state index >= 15 is 0 Å². The number of rotatable bonds is 5. The molecule has 2 rings (SSSR count). The largest absolute Gasteiger partial charge is 0.252 e. The maximum Gasteiger partial charge on any atom is 0.0860 e. The van der Waals surface area contributed by atoms with Gasteiger partial charge in [0.15, 0.2) is 0 Å². The van der Waals surface area contributed by atoms with Crippen molar-refractivity contribution < 1.29 is 10.1 Å². The number of benzene rings is 2. The third kappa shape index (κ3) is 3.22. The minimum atomic E-state index is -0.00668. The number of hydrogen-bond donors (Lipinski definition) is 1. The lowest BCUT2D eigenvalue weighted by Crippen LogP contribution is -2.18. The molecule has 19 heavy (non-hydrogen) atoms. The summed E-state index contributed by atoms with van der Waals surface area (Å²) in [6, 6.07) is 19.0. The van der Waals surface area contributed by atoms with Crippen LogP contribution in [0.2, 0.25) is 0 Å². The van der Waals surface area contributed by atoms with Gasteiger partial charge >= 0.3 is 0 Å². The Morgan fingerprint density at radius 1 is 0.895 bits per heavy atom. The van der Waals surface area contributed by atoms with Gasteiger partial charge < -0.3 is 0 Å². The second-order valence-corrected chi connectivity index (χ2v) is 5.27. The highest BCUT2D eigenvalue weighted by Gasteiger charge is 2.22. The van der Waals surface area contributed by atoms with Gasteiger partial charge in [0.1, 0.15) is 0 Å². The van der Waals surface area contributed by atoms with Gasteiger partial charge in [0.25, 0.3) is 0 Å². The quantitative estimate of drug-likeness (QED) is 0.646. The van der Waals surface area contributed by atoms with Crippen molar-refractivity contribution in [2.45, 2.75) is 25.7 Å². The highest BCUT2D eigenvalue weighted by atomic mass is 17.1. The fraction of sp³-hybridized carbons (Fsp3) is 0.294. The van der Waals surface area contributed by atoms with Crippen LogP contribution >= 0.6 is 0 Å². The molecule has 100 valence electrons. The minimum Gasteiger partial charge on any atom is -0.252 e. The maximum absolute atomic E-state index is 8.36. The molecule has 0 aromatic heterocycles. The summed E-state index contributed by atoms with van der Waals surface area (Å²) in [7, 11) is 0. The van der Waals surface area contributed by atoms with Crippen molar-refractivity contribution in [3.05, 3.63) is 71.3 Å². The van der Waals surface area contributed by atoms with Crippen molar-refractivity contribution in [1.82, 2.24) is 0 Å². The Balaban J connectivity index is 2.21. The van der Waals surface area contributed by atoms with Gasteiger partial charge in [0, 0.05) is 5.41 Å². The van der Waals surface area contributed by atoms with Crippen LogP contribution in [0.15, 0.2) is 54.6 Å². The molecule has 0 unspecified atom stereocenters. The van der Waals surface area contributed by atoms with Crippen LogP contribution in [0.5, 0.6) is 0 Å². The Bertz CT molecular complexity index is 501. The molecule has 0 aliphatic carbocycles. The first-order valence-electron chi connectivity index (χ1n) is 6.56. The van der Waals surface area contributed by atoms with Crippen LogP contribution in [0.1, 0.15) is 30.5 Å². The predicted molar refractivity (Wildman–Crippen MR) is 77.3 cm³/mol. The molecule has 0 aliphatic rings. The normalized spacial score (nSPS) is 11.5. The molecule has 0 aliphatic heterocycles. The molecule has 0 atom stereocenters. The molecular weight excluding hydrogens is 236 g/mol. The Morgan fingerprint density at radius 2 is 1.47 bits per heavy atom. The molecule has 2 nitrogen and oxygen atoms in total. The fourth-order valence-electron chi connectivity index (χ4n) is 2.27. The van der Waals surface area contributed by atoms with Crippen molar-refractivity contribution in [2.24, 2.45) is 0 Å². The molecule has 0 heterocycles. The summed E-state index contributed by atoms with van der Waals surface area (Å²) in [5.41, 5.74) is 3.75. The van der Waals surface area contributed by atoms with Gasteiger partial charge in [0.2, 0.25) is 0 Å². The van der Waals surface area contributed by atoms with E-state index < -0.39 is 0 Å². The van der Waals surface area contributed by atoms with Crippen molar-refractivity contribution in [2.75, 3.05) is 6.61 Å². The molecule has 0 amide bonds. The lowest BCUT2D eigenvalue weighted by molar-refractivity contribution is -0.241. The molecule has 2 heteroatoms. The van der Waals surface area contributed by atoms with E-state index in [1.807, 2.05) is 6.07 Å². The average molecular weight is 256 g/mol. The van der Waals surface area contributed by atoms with Crippen LogP contribution in [0.4, 0.5) is 0 Å². The van der Waals surface area contributed by atoms with Gasteiger partial charge in [0.05, 0.1) is 6.61 Å². The zero-order chi connectivity index (χ0) is 13.7. The SMILES string of the molecule is CC(C)(c1ccccc1)c1ccc(CCOO)cc1. The molecule has 0 radical (unpaired) electrons. The van der Waals surface area contributed by atoms with Gasteiger partial charge in [-0.2, -0.15) is 0 Å². The van der Waals surface area contributed by atoms with Crippen molar-refractivity contribution in [3.8, 4) is 0 Å². The Kier molecular flexibility index (Phi) is 4.35. The van der Waals surface area contributed by atoms with E-state index in [0.717, 1.165) is 6.42 Å². The van der Waals surface area contributed by atoms with Gasteiger partial charge in [-0.05, 0) is 23.1 Å². The van der Waals surface area contributed by atoms with Gasteiger partial charge in [-0.25, -0.2) is 4.89 Å². The van der Waals surface area contributed by atoms with Crippen LogP contribution < -0.4 is 0 Å². The first-order chi connectivity index (χ1) is 9.14. The van der Waals surface area contributed by atoms with Crippen LogP contribution in [-0.4, -0.2) is 11.9 Å². The lowest BCUT2D eigenvalue weighted by atomic mass is 9.78. The third-order valence-electron chi connectivity index (χ3n) is 3.65. The van der Waals surface area contributed by atoms with Crippen LogP contribution in [0, 0.1) is 0 Å². The van der Waals surface area contributed by atoms with E-state index in [1.54, 1.807) is 0 Å². The van der Waals surface area contributed by atoms with Gasteiger partial charge in [-0.15, -0.1) is 0 Å². The van der Waals surface area contributed by atoms with Crippen molar-refractivity contribution in [1.29, 1.82) is 0 Å². The van der Waals surface area contributed by atoms with Crippen molar-refractivity contribution in [3.63, 3.8) is 0 Å². The fourth-order valence-corrected chi connectivity index (χ4v) is 2.27. The third-order valence-corrected chi connectivity index (χ3v) is 3.65. The zero-order valence-electron chi connectivity index (χ0n) is 11.5. The molecule has 2 aromatic rings. The van der Waals surface area contributed by atoms with Crippen LogP contribution in [0.3, 0.4) is 0 Å². The highest BCUT2D eigenvalue weighted by molar-refractivity contribution is 5.38. The first kappa shape index (κ1) is 13.8. The van der Waals surface area contributed by atoms with E-state index in [2.05, 4.69) is 67.3 Å². The molecule has 0 bridgehead atoms. The van der Waals surface area contributed by atoms with E-state index in [4.69, 9.17) is 5.26 Å². The monoisotopic (exact) mass is 256 g/mol. The van der Waals surface area contributed by atoms with E-state index in [0.29, 0.717) is 6.61 Å². The predicted octanol–water partition coefficient (Wildman–Crippen LogP) is 4.04. The number of hydrogen-bond acceptors (Lipinski definition) is 2. The van der Waals surface area contributed by atoms with E-state index in [9.17, 15) is 0 Å². The first-order valence-corrected chi connectivity index (χ1v) is 6.56. The Hall–Kier alpha value is -1.64. The molecule has 0 saturated heterocycles. The second kappa shape index (κ2) is 6.00.